The molecule has 0 radical (unpaired) electrons. The third-order valence-corrected chi connectivity index (χ3v) is 5.32. The van der Waals surface area contributed by atoms with E-state index in [2.05, 4.69) is 27.0 Å². The highest BCUT2D eigenvalue weighted by Crippen LogP contribution is 2.20. The summed E-state index contributed by atoms with van der Waals surface area (Å²) in [6, 6.07) is 12.1. The Kier molecular flexibility index (Phi) is 5.69. The van der Waals surface area contributed by atoms with E-state index in [0.29, 0.717) is 0 Å². The Balaban J connectivity index is 1.48. The lowest BCUT2D eigenvalue weighted by atomic mass is 10.2. The zero-order chi connectivity index (χ0) is 16.8. The third kappa shape index (κ3) is 4.26. The molecule has 1 saturated heterocycles. The van der Waals surface area contributed by atoms with E-state index in [-0.39, 0.29) is 11.2 Å². The number of carbonyl (C=O) groups is 1. The zero-order valence-electron chi connectivity index (χ0n) is 13.8. The number of anilines is 1. The molecule has 126 valence electrons. The number of hydrogen-bond acceptors (Lipinski definition) is 5. The smallest absolute Gasteiger partial charge is 0.235 e. The average molecular weight is 342 g/mol. The predicted molar refractivity (Wildman–Crippen MR) is 98.0 cm³/mol. The SMILES string of the molecule is CC(SCc1ccccc1)C(=O)N1CCN(c2ncccn2)CC1. The summed E-state index contributed by atoms with van der Waals surface area (Å²) in [5.74, 6) is 1.84. The summed E-state index contributed by atoms with van der Waals surface area (Å²) in [5, 5.41) is -0.0234. The van der Waals surface area contributed by atoms with Gasteiger partial charge in [-0.25, -0.2) is 9.97 Å². The zero-order valence-corrected chi connectivity index (χ0v) is 14.7. The summed E-state index contributed by atoms with van der Waals surface area (Å²) in [4.78, 5) is 25.3. The number of aromatic nitrogens is 2. The van der Waals surface area contributed by atoms with E-state index in [1.807, 2.05) is 36.1 Å². The summed E-state index contributed by atoms with van der Waals surface area (Å²) in [6.45, 7) is 5.03. The molecule has 5 nitrogen and oxygen atoms in total. The van der Waals surface area contributed by atoms with Crippen molar-refractivity contribution in [3.8, 4) is 0 Å². The molecule has 1 aliphatic heterocycles. The van der Waals surface area contributed by atoms with Gasteiger partial charge >= 0.3 is 0 Å². The van der Waals surface area contributed by atoms with E-state index in [1.165, 1.54) is 5.56 Å². The van der Waals surface area contributed by atoms with Crippen LogP contribution in [0.15, 0.2) is 48.8 Å². The first-order valence-electron chi connectivity index (χ1n) is 8.20. The van der Waals surface area contributed by atoms with Gasteiger partial charge in [-0.05, 0) is 18.6 Å². The van der Waals surface area contributed by atoms with Crippen molar-refractivity contribution in [2.24, 2.45) is 0 Å². The van der Waals surface area contributed by atoms with Crippen LogP contribution >= 0.6 is 11.8 Å². The van der Waals surface area contributed by atoms with Crippen molar-refractivity contribution in [1.29, 1.82) is 0 Å². The van der Waals surface area contributed by atoms with E-state index in [9.17, 15) is 4.79 Å². The van der Waals surface area contributed by atoms with E-state index >= 15 is 0 Å². The molecule has 0 spiro atoms. The summed E-state index contributed by atoms with van der Waals surface area (Å²) in [7, 11) is 0. The fraction of sp³-hybridized carbons (Fsp3) is 0.389. The molecule has 6 heteroatoms. The van der Waals surface area contributed by atoms with Gasteiger partial charge in [-0.3, -0.25) is 4.79 Å². The minimum atomic E-state index is -0.0234. The van der Waals surface area contributed by atoms with Gasteiger partial charge in [-0.1, -0.05) is 30.3 Å². The topological polar surface area (TPSA) is 49.3 Å². The van der Waals surface area contributed by atoms with Crippen LogP contribution in [0.2, 0.25) is 0 Å². The molecule has 0 bridgehead atoms. The first-order chi connectivity index (χ1) is 11.7. The second-order valence-corrected chi connectivity index (χ2v) is 7.13. The molecule has 1 aromatic heterocycles. The Labute approximate surface area is 147 Å². The average Bonchev–Trinajstić information content (AvgIpc) is 2.67. The number of hydrogen-bond donors (Lipinski definition) is 0. The molecule has 1 atom stereocenters. The fourth-order valence-corrected chi connectivity index (χ4v) is 3.63. The maximum atomic E-state index is 12.6. The standard InChI is InChI=1S/C18H22N4OS/c1-15(24-14-16-6-3-2-4-7-16)17(23)21-10-12-22(13-11-21)18-19-8-5-9-20-18/h2-9,15H,10-14H2,1H3. The summed E-state index contributed by atoms with van der Waals surface area (Å²) >= 11 is 1.70. The lowest BCUT2D eigenvalue weighted by Gasteiger charge is -2.35. The van der Waals surface area contributed by atoms with Crippen LogP contribution in [0.25, 0.3) is 0 Å². The summed E-state index contributed by atoms with van der Waals surface area (Å²) in [5.41, 5.74) is 1.26. The number of nitrogens with zero attached hydrogens (tertiary/aromatic N) is 4. The normalized spacial score (nSPS) is 16.0. The molecule has 1 amide bonds. The van der Waals surface area contributed by atoms with E-state index in [1.54, 1.807) is 24.2 Å². The van der Waals surface area contributed by atoms with Gasteiger partial charge in [0.2, 0.25) is 11.9 Å². The Morgan fingerprint density at radius 3 is 2.42 bits per heavy atom. The van der Waals surface area contributed by atoms with Crippen LogP contribution in [0.5, 0.6) is 0 Å². The molecule has 0 N–H and O–H groups in total. The van der Waals surface area contributed by atoms with Gasteiger partial charge < -0.3 is 9.80 Å². The minimum absolute atomic E-state index is 0.0234. The third-order valence-electron chi connectivity index (χ3n) is 4.12. The Bertz CT molecular complexity index is 645. The van der Waals surface area contributed by atoms with Gasteiger partial charge in [0, 0.05) is 44.3 Å². The van der Waals surface area contributed by atoms with Crippen molar-refractivity contribution in [2.45, 2.75) is 17.9 Å². The van der Waals surface area contributed by atoms with Gasteiger partial charge in [0.15, 0.2) is 0 Å². The van der Waals surface area contributed by atoms with Gasteiger partial charge in [0.25, 0.3) is 0 Å². The molecule has 1 aliphatic rings. The van der Waals surface area contributed by atoms with Crippen LogP contribution in [-0.2, 0) is 10.5 Å². The molecule has 1 unspecified atom stereocenters. The molecule has 24 heavy (non-hydrogen) atoms. The molecule has 2 aromatic rings. The maximum absolute atomic E-state index is 12.6. The van der Waals surface area contributed by atoms with Crippen LogP contribution in [0.1, 0.15) is 12.5 Å². The van der Waals surface area contributed by atoms with Crippen LogP contribution in [0.4, 0.5) is 5.95 Å². The second-order valence-electron chi connectivity index (χ2n) is 5.80. The van der Waals surface area contributed by atoms with Crippen molar-refractivity contribution in [2.75, 3.05) is 31.1 Å². The molecule has 3 rings (SSSR count). The number of benzene rings is 1. The molecule has 0 saturated carbocycles. The molecule has 1 aromatic carbocycles. The number of thioether (sulfide) groups is 1. The lowest BCUT2D eigenvalue weighted by molar-refractivity contribution is -0.130. The van der Waals surface area contributed by atoms with Gasteiger partial charge in [0.05, 0.1) is 5.25 Å². The summed E-state index contributed by atoms with van der Waals surface area (Å²) < 4.78 is 0. The second kappa shape index (κ2) is 8.15. The first-order valence-corrected chi connectivity index (χ1v) is 9.25. The van der Waals surface area contributed by atoms with E-state index in [4.69, 9.17) is 0 Å². The molecular weight excluding hydrogens is 320 g/mol. The van der Waals surface area contributed by atoms with Crippen LogP contribution in [0.3, 0.4) is 0 Å². The summed E-state index contributed by atoms with van der Waals surface area (Å²) in [6.07, 6.45) is 3.50. The molecule has 1 fully saturated rings. The first kappa shape index (κ1) is 16.8. The Morgan fingerprint density at radius 1 is 1.08 bits per heavy atom. The van der Waals surface area contributed by atoms with E-state index < -0.39 is 0 Å². The van der Waals surface area contributed by atoms with Gasteiger partial charge in [-0.2, -0.15) is 0 Å². The number of piperazine rings is 1. The maximum Gasteiger partial charge on any atom is 0.235 e. The molecular formula is C18H22N4OS. The Hall–Kier alpha value is -2.08. The monoisotopic (exact) mass is 342 g/mol. The van der Waals surface area contributed by atoms with Crippen molar-refractivity contribution in [3.63, 3.8) is 0 Å². The fourth-order valence-electron chi connectivity index (χ4n) is 2.71. The number of carbonyl (C=O) groups excluding carboxylic acids is 1. The quantitative estimate of drug-likeness (QED) is 0.835. The van der Waals surface area contributed by atoms with Crippen molar-refractivity contribution < 1.29 is 4.79 Å². The van der Waals surface area contributed by atoms with E-state index in [0.717, 1.165) is 37.9 Å². The van der Waals surface area contributed by atoms with Gasteiger partial charge in [0.1, 0.15) is 0 Å². The van der Waals surface area contributed by atoms with Crippen molar-refractivity contribution >= 4 is 23.6 Å². The Morgan fingerprint density at radius 2 is 1.75 bits per heavy atom. The molecule has 0 aliphatic carbocycles. The number of amides is 1. The lowest BCUT2D eigenvalue weighted by Crippen LogP contribution is -2.51. The number of rotatable bonds is 5. The minimum Gasteiger partial charge on any atom is -0.338 e. The largest absolute Gasteiger partial charge is 0.338 e. The van der Waals surface area contributed by atoms with Crippen LogP contribution < -0.4 is 4.90 Å². The van der Waals surface area contributed by atoms with Crippen LogP contribution in [0, 0.1) is 0 Å². The van der Waals surface area contributed by atoms with Crippen molar-refractivity contribution in [3.05, 3.63) is 54.4 Å². The predicted octanol–water partition coefficient (Wildman–Crippen LogP) is 2.45. The highest BCUT2D eigenvalue weighted by atomic mass is 32.2. The highest BCUT2D eigenvalue weighted by Gasteiger charge is 2.25. The van der Waals surface area contributed by atoms with Crippen LogP contribution in [-0.4, -0.2) is 52.2 Å². The van der Waals surface area contributed by atoms with Gasteiger partial charge in [-0.15, -0.1) is 11.8 Å². The molecule has 2 heterocycles. The highest BCUT2D eigenvalue weighted by molar-refractivity contribution is 7.99. The van der Waals surface area contributed by atoms with Crippen molar-refractivity contribution in [1.82, 2.24) is 14.9 Å².